The molecule has 1 amide bonds. The number of thiocarbonyl (C=S) groups is 1. The lowest BCUT2D eigenvalue weighted by atomic mass is 10.2. The molecule has 200 valence electrons. The molecule has 1 saturated heterocycles. The Balaban J connectivity index is 1.28. The van der Waals surface area contributed by atoms with Crippen LogP contribution in [-0.4, -0.2) is 48.7 Å². The van der Waals surface area contributed by atoms with Gasteiger partial charge in [-0.05, 0) is 66.7 Å². The van der Waals surface area contributed by atoms with Crippen molar-refractivity contribution in [3.8, 4) is 5.75 Å². The highest BCUT2D eigenvalue weighted by Crippen LogP contribution is 2.30. The second-order valence-corrected chi connectivity index (χ2v) is 10.4. The summed E-state index contributed by atoms with van der Waals surface area (Å²) in [7, 11) is 0. The second-order valence-electron chi connectivity index (χ2n) is 9.16. The number of ether oxygens (including phenoxy) is 1. The molecule has 6 nitrogen and oxygen atoms in total. The van der Waals surface area contributed by atoms with Crippen LogP contribution in [0.5, 0.6) is 5.75 Å². The van der Waals surface area contributed by atoms with E-state index in [-0.39, 0.29) is 11.0 Å². The van der Waals surface area contributed by atoms with Gasteiger partial charge in [-0.2, -0.15) is 0 Å². The van der Waals surface area contributed by atoms with Gasteiger partial charge < -0.3 is 15.0 Å². The van der Waals surface area contributed by atoms with Crippen LogP contribution >= 0.6 is 35.4 Å². The summed E-state index contributed by atoms with van der Waals surface area (Å²) in [6, 6.07) is 20.8. The molecular formula is C29H32Cl2N4O2S. The normalized spacial score (nSPS) is 13.7. The Morgan fingerprint density at radius 3 is 2.50 bits per heavy atom. The van der Waals surface area contributed by atoms with Crippen LogP contribution in [0.3, 0.4) is 0 Å². The number of anilines is 2. The van der Waals surface area contributed by atoms with Crippen molar-refractivity contribution in [3.63, 3.8) is 0 Å². The zero-order valence-electron chi connectivity index (χ0n) is 21.4. The molecule has 1 fully saturated rings. The van der Waals surface area contributed by atoms with Gasteiger partial charge in [0.1, 0.15) is 5.75 Å². The molecule has 0 spiro atoms. The first-order valence-corrected chi connectivity index (χ1v) is 13.9. The Bertz CT molecular complexity index is 1260. The van der Waals surface area contributed by atoms with E-state index in [1.54, 1.807) is 18.2 Å². The highest BCUT2D eigenvalue weighted by Gasteiger charge is 2.20. The minimum Gasteiger partial charge on any atom is -0.494 e. The predicted octanol–water partition coefficient (Wildman–Crippen LogP) is 6.62. The van der Waals surface area contributed by atoms with Crippen molar-refractivity contribution >= 4 is 57.8 Å². The van der Waals surface area contributed by atoms with Crippen LogP contribution in [0.25, 0.3) is 0 Å². The summed E-state index contributed by atoms with van der Waals surface area (Å²) in [6.07, 6.45) is 2.01. The van der Waals surface area contributed by atoms with E-state index < -0.39 is 0 Å². The van der Waals surface area contributed by atoms with E-state index in [1.807, 2.05) is 42.5 Å². The molecule has 9 heteroatoms. The first-order chi connectivity index (χ1) is 18.4. The number of benzene rings is 3. The van der Waals surface area contributed by atoms with Crippen LogP contribution in [0, 0.1) is 0 Å². The molecule has 0 bridgehead atoms. The maximum Gasteiger partial charge on any atom is 0.257 e. The van der Waals surface area contributed by atoms with Gasteiger partial charge >= 0.3 is 0 Å². The lowest BCUT2D eigenvalue weighted by Crippen LogP contribution is -2.46. The summed E-state index contributed by atoms with van der Waals surface area (Å²) in [5, 5.41) is 7.41. The van der Waals surface area contributed by atoms with Gasteiger partial charge in [0, 0.05) is 49.0 Å². The number of carbonyl (C=O) groups excluding carboxylic acids is 1. The van der Waals surface area contributed by atoms with E-state index in [4.69, 9.17) is 40.2 Å². The van der Waals surface area contributed by atoms with E-state index in [0.29, 0.717) is 28.6 Å². The Morgan fingerprint density at radius 2 is 1.76 bits per heavy atom. The average molecular weight is 572 g/mol. The number of piperazine rings is 1. The number of halogens is 2. The van der Waals surface area contributed by atoms with Gasteiger partial charge in [0.2, 0.25) is 0 Å². The summed E-state index contributed by atoms with van der Waals surface area (Å²) >= 11 is 18.3. The zero-order valence-corrected chi connectivity index (χ0v) is 23.7. The summed E-state index contributed by atoms with van der Waals surface area (Å²) in [6.45, 7) is 7.14. The van der Waals surface area contributed by atoms with Crippen molar-refractivity contribution in [3.05, 3.63) is 87.9 Å². The summed E-state index contributed by atoms with van der Waals surface area (Å²) in [5.74, 6) is 0.359. The molecule has 1 aliphatic heterocycles. The summed E-state index contributed by atoms with van der Waals surface area (Å²) < 4.78 is 5.69. The molecule has 3 aromatic rings. The highest BCUT2D eigenvalue weighted by atomic mass is 35.5. The van der Waals surface area contributed by atoms with Crippen molar-refractivity contribution < 1.29 is 9.53 Å². The monoisotopic (exact) mass is 570 g/mol. The van der Waals surface area contributed by atoms with Crippen molar-refractivity contribution in [1.29, 1.82) is 0 Å². The summed E-state index contributed by atoms with van der Waals surface area (Å²) in [5.41, 5.74) is 3.31. The van der Waals surface area contributed by atoms with Gasteiger partial charge in [-0.3, -0.25) is 15.0 Å². The van der Waals surface area contributed by atoms with E-state index in [2.05, 4.69) is 33.4 Å². The van der Waals surface area contributed by atoms with Crippen LogP contribution in [0.2, 0.25) is 10.0 Å². The zero-order chi connectivity index (χ0) is 26.9. The molecule has 38 heavy (non-hydrogen) atoms. The number of amides is 1. The number of nitrogens with zero attached hydrogens (tertiary/aromatic N) is 2. The molecule has 0 atom stereocenters. The molecule has 4 rings (SSSR count). The van der Waals surface area contributed by atoms with Crippen LogP contribution in [0.4, 0.5) is 11.4 Å². The smallest absolute Gasteiger partial charge is 0.257 e. The molecule has 0 aliphatic carbocycles. The Labute approximate surface area is 239 Å². The van der Waals surface area contributed by atoms with Gasteiger partial charge in [0.15, 0.2) is 5.11 Å². The summed E-state index contributed by atoms with van der Waals surface area (Å²) in [4.78, 5) is 17.4. The Kier molecular flexibility index (Phi) is 10.2. The number of hydrogen-bond donors (Lipinski definition) is 2. The molecule has 0 saturated carbocycles. The third-order valence-electron chi connectivity index (χ3n) is 6.36. The van der Waals surface area contributed by atoms with E-state index >= 15 is 0 Å². The van der Waals surface area contributed by atoms with Crippen LogP contribution in [0.15, 0.2) is 66.7 Å². The number of nitrogens with one attached hydrogen (secondary N) is 2. The SMILES string of the molecule is CCCCOc1cccc(C(=O)NC(=S)Nc2ccc(N3CCN(Cc4ccccc4Cl)CC3)c(Cl)c2)c1. The van der Waals surface area contributed by atoms with Gasteiger partial charge in [0.05, 0.1) is 17.3 Å². The van der Waals surface area contributed by atoms with E-state index in [9.17, 15) is 4.79 Å². The lowest BCUT2D eigenvalue weighted by Gasteiger charge is -2.36. The minimum absolute atomic E-state index is 0.198. The van der Waals surface area contributed by atoms with Crippen LogP contribution in [-0.2, 0) is 6.54 Å². The van der Waals surface area contributed by atoms with Crippen LogP contribution in [0.1, 0.15) is 35.7 Å². The largest absolute Gasteiger partial charge is 0.494 e. The minimum atomic E-state index is -0.305. The van der Waals surface area contributed by atoms with Gasteiger partial charge in [0.25, 0.3) is 5.91 Å². The topological polar surface area (TPSA) is 56.8 Å². The molecule has 0 aromatic heterocycles. The number of hydrogen-bond acceptors (Lipinski definition) is 5. The third kappa shape index (κ3) is 7.84. The maximum absolute atomic E-state index is 12.7. The van der Waals surface area contributed by atoms with E-state index in [1.165, 1.54) is 0 Å². The number of rotatable bonds is 9. The van der Waals surface area contributed by atoms with Crippen molar-refractivity contribution in [2.24, 2.45) is 0 Å². The Morgan fingerprint density at radius 1 is 0.974 bits per heavy atom. The number of carbonyl (C=O) groups is 1. The fourth-order valence-corrected chi connectivity index (χ4v) is 4.96. The molecule has 0 radical (unpaired) electrons. The van der Waals surface area contributed by atoms with Gasteiger partial charge in [-0.15, -0.1) is 0 Å². The second kappa shape index (κ2) is 13.8. The standard InChI is InChI=1S/C29H32Cl2N4O2S/c1-2-3-17-37-24-9-6-8-21(18-24)28(36)33-29(38)32-23-11-12-27(26(31)19-23)35-15-13-34(14-16-35)20-22-7-4-5-10-25(22)30/h4-12,18-19H,2-3,13-17,20H2,1H3,(H2,32,33,36,38). The van der Waals surface area contributed by atoms with Crippen molar-refractivity contribution in [2.45, 2.75) is 26.3 Å². The fourth-order valence-electron chi connectivity index (χ4n) is 4.25. The molecule has 1 heterocycles. The van der Waals surface area contributed by atoms with Crippen molar-refractivity contribution in [2.75, 3.05) is 43.0 Å². The third-order valence-corrected chi connectivity index (χ3v) is 7.24. The first-order valence-electron chi connectivity index (χ1n) is 12.8. The quantitative estimate of drug-likeness (QED) is 0.222. The van der Waals surface area contributed by atoms with Crippen molar-refractivity contribution in [1.82, 2.24) is 10.2 Å². The highest BCUT2D eigenvalue weighted by molar-refractivity contribution is 7.80. The Hall–Kier alpha value is -2.84. The maximum atomic E-state index is 12.7. The lowest BCUT2D eigenvalue weighted by molar-refractivity contribution is 0.0977. The molecule has 2 N–H and O–H groups in total. The van der Waals surface area contributed by atoms with Crippen LogP contribution < -0.4 is 20.3 Å². The average Bonchev–Trinajstić information content (AvgIpc) is 2.91. The van der Waals surface area contributed by atoms with E-state index in [0.717, 1.165) is 61.8 Å². The van der Waals surface area contributed by atoms with Gasteiger partial charge in [-0.1, -0.05) is 60.8 Å². The first kappa shape index (κ1) is 28.2. The molecular weight excluding hydrogens is 539 g/mol. The molecule has 3 aromatic carbocycles. The van der Waals surface area contributed by atoms with Gasteiger partial charge in [-0.25, -0.2) is 0 Å². The number of unbranched alkanes of at least 4 members (excludes halogenated alkanes) is 1. The molecule has 1 aliphatic rings. The fraction of sp³-hybridized carbons (Fsp3) is 0.310. The predicted molar refractivity (Wildman–Crippen MR) is 161 cm³/mol. The molecule has 0 unspecified atom stereocenters.